The number of para-hydroxylation sites is 1. The number of hydrogen-bond acceptors (Lipinski definition) is 3. The zero-order chi connectivity index (χ0) is 17.8. The van der Waals surface area contributed by atoms with E-state index >= 15 is 0 Å². The molecule has 25 heavy (non-hydrogen) atoms. The van der Waals surface area contributed by atoms with Crippen LogP contribution in [0.3, 0.4) is 0 Å². The van der Waals surface area contributed by atoms with Gasteiger partial charge < -0.3 is 5.32 Å². The lowest BCUT2D eigenvalue weighted by molar-refractivity contribution is -0.122. The van der Waals surface area contributed by atoms with Gasteiger partial charge in [0.25, 0.3) is 0 Å². The minimum atomic E-state index is -0.424. The highest BCUT2D eigenvalue weighted by Gasteiger charge is 2.13. The van der Waals surface area contributed by atoms with E-state index in [1.54, 1.807) is 48.0 Å². The Morgan fingerprint density at radius 3 is 2.72 bits per heavy atom. The average molecular weight is 339 g/mol. The van der Waals surface area contributed by atoms with Gasteiger partial charge in [-0.15, -0.1) is 0 Å². The molecule has 1 N–H and O–H groups in total. The van der Waals surface area contributed by atoms with Gasteiger partial charge in [-0.25, -0.2) is 4.39 Å². The smallest absolute Gasteiger partial charge is 0.222 e. The number of nitrogens with zero attached hydrogens (tertiary/aromatic N) is 2. The number of aromatic nitrogens is 2. The topological polar surface area (TPSA) is 64.0 Å². The molecule has 0 saturated carbocycles. The molecule has 1 heterocycles. The van der Waals surface area contributed by atoms with Crippen molar-refractivity contribution in [2.45, 2.75) is 25.9 Å². The Bertz CT molecular complexity index is 968. The van der Waals surface area contributed by atoms with Crippen LogP contribution < -0.4 is 10.7 Å². The van der Waals surface area contributed by atoms with Crippen LogP contribution in [0.1, 0.15) is 24.9 Å². The number of carbonyl (C=O) groups excluding carboxylic acids is 1. The molecule has 0 radical (unpaired) electrons. The Labute approximate surface area is 144 Å². The Morgan fingerprint density at radius 2 is 1.92 bits per heavy atom. The summed E-state index contributed by atoms with van der Waals surface area (Å²) in [5.41, 5.74) is 0.984. The first-order valence-electron chi connectivity index (χ1n) is 8.05. The molecule has 3 aromatic rings. The number of nitrogens with one attached hydrogen (secondary N) is 1. The van der Waals surface area contributed by atoms with Crippen LogP contribution in [0.15, 0.2) is 59.5 Å². The fourth-order valence-electron chi connectivity index (χ4n) is 2.76. The molecule has 0 aliphatic carbocycles. The van der Waals surface area contributed by atoms with E-state index in [-0.39, 0.29) is 23.6 Å². The number of fused-ring (bicyclic) bond motifs is 1. The first kappa shape index (κ1) is 16.8. The lowest BCUT2D eigenvalue weighted by atomic mass is 10.1. The van der Waals surface area contributed by atoms with Crippen LogP contribution in [-0.4, -0.2) is 15.7 Å². The molecule has 1 atom stereocenters. The van der Waals surface area contributed by atoms with Gasteiger partial charge in [0.1, 0.15) is 5.82 Å². The van der Waals surface area contributed by atoms with Crippen molar-refractivity contribution in [1.29, 1.82) is 0 Å². The summed E-state index contributed by atoms with van der Waals surface area (Å²) in [4.78, 5) is 24.0. The van der Waals surface area contributed by atoms with Crippen LogP contribution in [0, 0.1) is 5.82 Å². The maximum Gasteiger partial charge on any atom is 0.222 e. The Hall–Kier alpha value is -3.02. The third-order valence-electron chi connectivity index (χ3n) is 4.06. The molecule has 0 bridgehead atoms. The van der Waals surface area contributed by atoms with Gasteiger partial charge in [-0.3, -0.25) is 14.3 Å². The lowest BCUT2D eigenvalue weighted by Gasteiger charge is -2.15. The van der Waals surface area contributed by atoms with Crippen molar-refractivity contribution in [2.75, 3.05) is 0 Å². The van der Waals surface area contributed by atoms with Gasteiger partial charge in [-0.1, -0.05) is 30.3 Å². The van der Waals surface area contributed by atoms with E-state index in [9.17, 15) is 14.0 Å². The van der Waals surface area contributed by atoms with Crippen LogP contribution in [0.5, 0.6) is 0 Å². The molecule has 3 rings (SSSR count). The largest absolute Gasteiger partial charge is 0.349 e. The van der Waals surface area contributed by atoms with Crippen LogP contribution in [0.2, 0.25) is 0 Å². The average Bonchev–Trinajstić information content (AvgIpc) is 2.61. The number of benzene rings is 2. The zero-order valence-corrected chi connectivity index (χ0v) is 13.8. The number of aryl methyl sites for hydroxylation is 1. The van der Waals surface area contributed by atoms with Gasteiger partial charge in [0.05, 0.1) is 24.3 Å². The third-order valence-corrected chi connectivity index (χ3v) is 4.06. The van der Waals surface area contributed by atoms with Crippen molar-refractivity contribution in [3.05, 3.63) is 76.3 Å². The van der Waals surface area contributed by atoms with Crippen molar-refractivity contribution in [2.24, 2.45) is 0 Å². The molecule has 0 saturated heterocycles. The minimum absolute atomic E-state index is 0.149. The SMILES string of the molecule is C[C@H](NC(=O)CCn1ncc(=O)c2ccccc21)c1ccccc1F. The second kappa shape index (κ2) is 7.25. The summed E-state index contributed by atoms with van der Waals surface area (Å²) in [5, 5.41) is 7.45. The third kappa shape index (κ3) is 3.74. The minimum Gasteiger partial charge on any atom is -0.349 e. The number of halogens is 1. The van der Waals surface area contributed by atoms with Gasteiger partial charge in [-0.2, -0.15) is 5.10 Å². The summed E-state index contributed by atoms with van der Waals surface area (Å²) in [5.74, 6) is -0.552. The Balaban J connectivity index is 1.68. The lowest BCUT2D eigenvalue weighted by Crippen LogP contribution is -2.28. The standard InChI is InChI=1S/C19H18FN3O2/c1-13(14-6-2-4-8-16(14)20)22-19(25)10-11-23-17-9-5-3-7-15(17)18(24)12-21-23/h2-9,12-13H,10-11H2,1H3,(H,22,25)/t13-/m0/s1. The number of amides is 1. The van der Waals surface area contributed by atoms with Crippen molar-refractivity contribution in [3.8, 4) is 0 Å². The van der Waals surface area contributed by atoms with Gasteiger partial charge in [0.15, 0.2) is 0 Å². The molecule has 0 aliphatic heterocycles. The summed E-state index contributed by atoms with van der Waals surface area (Å²) in [6, 6.07) is 13.1. The summed E-state index contributed by atoms with van der Waals surface area (Å²) in [7, 11) is 0. The highest BCUT2D eigenvalue weighted by molar-refractivity contribution is 5.79. The molecule has 0 spiro atoms. The second-order valence-electron chi connectivity index (χ2n) is 5.81. The molecule has 128 valence electrons. The van der Waals surface area contributed by atoms with Crippen LogP contribution >= 0.6 is 0 Å². The van der Waals surface area contributed by atoms with Gasteiger partial charge in [-0.05, 0) is 25.1 Å². The van der Waals surface area contributed by atoms with Crippen molar-refractivity contribution in [1.82, 2.24) is 15.1 Å². The molecule has 0 unspecified atom stereocenters. The van der Waals surface area contributed by atoms with E-state index in [2.05, 4.69) is 10.4 Å². The molecule has 0 fully saturated rings. The van der Waals surface area contributed by atoms with Crippen LogP contribution in [0.4, 0.5) is 4.39 Å². The number of hydrogen-bond donors (Lipinski definition) is 1. The second-order valence-corrected chi connectivity index (χ2v) is 5.81. The maximum atomic E-state index is 13.8. The Kier molecular flexibility index (Phi) is 4.88. The molecule has 1 aromatic heterocycles. The van der Waals surface area contributed by atoms with E-state index in [4.69, 9.17) is 0 Å². The molecule has 5 nitrogen and oxygen atoms in total. The molecule has 2 aromatic carbocycles. The van der Waals surface area contributed by atoms with Gasteiger partial charge in [0, 0.05) is 17.4 Å². The highest BCUT2D eigenvalue weighted by Crippen LogP contribution is 2.16. The predicted octanol–water partition coefficient (Wildman–Crippen LogP) is 2.80. The van der Waals surface area contributed by atoms with Crippen LogP contribution in [-0.2, 0) is 11.3 Å². The molecular formula is C19H18FN3O2. The first-order valence-corrected chi connectivity index (χ1v) is 8.05. The van der Waals surface area contributed by atoms with E-state index in [0.717, 1.165) is 0 Å². The maximum absolute atomic E-state index is 13.8. The molecule has 1 amide bonds. The monoisotopic (exact) mass is 339 g/mol. The molecule has 6 heteroatoms. The van der Waals surface area contributed by atoms with E-state index in [0.29, 0.717) is 23.0 Å². The summed E-state index contributed by atoms with van der Waals surface area (Å²) in [6.45, 7) is 2.07. The fraction of sp³-hybridized carbons (Fsp3) is 0.211. The number of carbonyl (C=O) groups is 1. The normalized spacial score (nSPS) is 12.1. The van der Waals surface area contributed by atoms with Crippen molar-refractivity contribution >= 4 is 16.8 Å². The quantitative estimate of drug-likeness (QED) is 0.777. The van der Waals surface area contributed by atoms with Gasteiger partial charge in [0.2, 0.25) is 11.3 Å². The van der Waals surface area contributed by atoms with Crippen LogP contribution in [0.25, 0.3) is 10.9 Å². The van der Waals surface area contributed by atoms with E-state index < -0.39 is 6.04 Å². The van der Waals surface area contributed by atoms with E-state index in [1.807, 2.05) is 6.07 Å². The van der Waals surface area contributed by atoms with Crippen molar-refractivity contribution < 1.29 is 9.18 Å². The highest BCUT2D eigenvalue weighted by atomic mass is 19.1. The Morgan fingerprint density at radius 1 is 1.20 bits per heavy atom. The van der Waals surface area contributed by atoms with Gasteiger partial charge >= 0.3 is 0 Å². The zero-order valence-electron chi connectivity index (χ0n) is 13.8. The summed E-state index contributed by atoms with van der Waals surface area (Å²) < 4.78 is 15.4. The predicted molar refractivity (Wildman–Crippen MR) is 93.6 cm³/mol. The van der Waals surface area contributed by atoms with E-state index in [1.165, 1.54) is 12.3 Å². The summed E-state index contributed by atoms with van der Waals surface area (Å²) in [6.07, 6.45) is 1.43. The summed E-state index contributed by atoms with van der Waals surface area (Å²) >= 11 is 0. The van der Waals surface area contributed by atoms with Crippen molar-refractivity contribution in [3.63, 3.8) is 0 Å². The molecular weight excluding hydrogens is 321 g/mol. The molecule has 0 aliphatic rings. The number of rotatable bonds is 5. The fourth-order valence-corrected chi connectivity index (χ4v) is 2.76. The first-order chi connectivity index (χ1) is 12.1.